The van der Waals surface area contributed by atoms with Gasteiger partial charge < -0.3 is 14.4 Å². The molecule has 3 aliphatic rings. The summed E-state index contributed by atoms with van der Waals surface area (Å²) in [5.41, 5.74) is 1.05. The van der Waals surface area contributed by atoms with E-state index in [0.29, 0.717) is 25.9 Å². The van der Waals surface area contributed by atoms with E-state index in [0.717, 1.165) is 36.7 Å². The first-order valence-corrected chi connectivity index (χ1v) is 11.2. The van der Waals surface area contributed by atoms with Crippen LogP contribution in [0.15, 0.2) is 30.4 Å². The zero-order valence-corrected chi connectivity index (χ0v) is 18.8. The summed E-state index contributed by atoms with van der Waals surface area (Å²) < 4.78 is 10.8. The van der Waals surface area contributed by atoms with E-state index in [2.05, 4.69) is 4.90 Å². The van der Waals surface area contributed by atoms with Crippen molar-refractivity contribution in [1.82, 2.24) is 14.7 Å². The van der Waals surface area contributed by atoms with Crippen molar-refractivity contribution in [2.75, 3.05) is 46.9 Å². The van der Waals surface area contributed by atoms with Crippen molar-refractivity contribution in [2.24, 2.45) is 11.8 Å². The number of carbonyl (C=O) groups is 3. The van der Waals surface area contributed by atoms with Gasteiger partial charge in [0.15, 0.2) is 0 Å². The Morgan fingerprint density at radius 2 is 1.62 bits per heavy atom. The predicted octanol–water partition coefficient (Wildman–Crippen LogP) is 1.69. The van der Waals surface area contributed by atoms with E-state index < -0.39 is 0 Å². The summed E-state index contributed by atoms with van der Waals surface area (Å²) in [5, 5.41) is 0. The third-order valence-corrected chi connectivity index (χ3v) is 6.75. The Hall–Kier alpha value is -2.87. The average molecular weight is 442 g/mol. The smallest absolute Gasteiger partial charge is 0.233 e. The Morgan fingerprint density at radius 3 is 2.22 bits per heavy atom. The molecule has 2 heterocycles. The molecule has 8 heteroatoms. The number of rotatable bonds is 7. The molecule has 2 saturated heterocycles. The second-order valence-corrected chi connectivity index (χ2v) is 8.57. The lowest BCUT2D eigenvalue weighted by Crippen LogP contribution is -2.49. The van der Waals surface area contributed by atoms with Crippen LogP contribution < -0.4 is 9.47 Å². The highest BCUT2D eigenvalue weighted by molar-refractivity contribution is 6.05. The quantitative estimate of drug-likeness (QED) is 0.473. The third kappa shape index (κ3) is 4.50. The number of nitrogens with zero attached hydrogens (tertiary/aromatic N) is 3. The first-order valence-electron chi connectivity index (χ1n) is 11.2. The van der Waals surface area contributed by atoms with Gasteiger partial charge in [-0.15, -0.1) is 0 Å². The van der Waals surface area contributed by atoms with Gasteiger partial charge in [-0.3, -0.25) is 24.2 Å². The molecule has 172 valence electrons. The van der Waals surface area contributed by atoms with Gasteiger partial charge in [0.1, 0.15) is 11.5 Å². The zero-order chi connectivity index (χ0) is 22.7. The van der Waals surface area contributed by atoms with Gasteiger partial charge in [0.05, 0.1) is 26.1 Å². The van der Waals surface area contributed by atoms with Crippen LogP contribution in [0.2, 0.25) is 0 Å². The number of allylic oxidation sites excluding steroid dienone is 2. The molecule has 32 heavy (non-hydrogen) atoms. The lowest BCUT2D eigenvalue weighted by molar-refractivity contribution is -0.141. The van der Waals surface area contributed by atoms with Crippen molar-refractivity contribution in [3.05, 3.63) is 35.9 Å². The molecule has 2 fully saturated rings. The average Bonchev–Trinajstić information content (AvgIpc) is 3.07. The Bertz CT molecular complexity index is 881. The molecule has 0 N–H and O–H groups in total. The van der Waals surface area contributed by atoms with E-state index in [4.69, 9.17) is 9.47 Å². The Labute approximate surface area is 188 Å². The van der Waals surface area contributed by atoms with E-state index in [1.807, 2.05) is 35.3 Å². The maximum atomic E-state index is 12.7. The van der Waals surface area contributed by atoms with Crippen LogP contribution >= 0.6 is 0 Å². The number of amides is 3. The van der Waals surface area contributed by atoms with Crippen LogP contribution in [0.25, 0.3) is 0 Å². The molecule has 0 aromatic heterocycles. The highest BCUT2D eigenvalue weighted by Crippen LogP contribution is 2.35. The van der Waals surface area contributed by atoms with Gasteiger partial charge >= 0.3 is 0 Å². The number of ether oxygens (including phenoxy) is 2. The van der Waals surface area contributed by atoms with Gasteiger partial charge in [0.2, 0.25) is 17.7 Å². The molecular formula is C24H31N3O5. The highest BCUT2D eigenvalue weighted by Gasteiger charge is 2.47. The van der Waals surface area contributed by atoms with Gasteiger partial charge in [-0.25, -0.2) is 0 Å². The van der Waals surface area contributed by atoms with E-state index >= 15 is 0 Å². The van der Waals surface area contributed by atoms with Crippen LogP contribution in [0.3, 0.4) is 0 Å². The molecule has 1 aromatic carbocycles. The van der Waals surface area contributed by atoms with E-state index in [1.165, 1.54) is 4.90 Å². The molecule has 2 atom stereocenters. The number of carbonyl (C=O) groups excluding carboxylic acids is 3. The topological polar surface area (TPSA) is 79.4 Å². The fourth-order valence-electron chi connectivity index (χ4n) is 4.86. The SMILES string of the molecule is COc1ccc(OC)c(CN2CCN(C(=O)CCN3C(=O)[C@@H]4CC=CC[C@H]4C3=O)CC2)c1. The number of hydrogen-bond acceptors (Lipinski definition) is 6. The summed E-state index contributed by atoms with van der Waals surface area (Å²) in [7, 11) is 3.30. The minimum absolute atomic E-state index is 0.00259. The Morgan fingerprint density at radius 1 is 0.969 bits per heavy atom. The number of methoxy groups -OCH3 is 2. The van der Waals surface area contributed by atoms with Crippen LogP contribution in [-0.4, -0.2) is 79.4 Å². The number of piperazine rings is 1. The Balaban J connectivity index is 1.26. The molecule has 0 spiro atoms. The van der Waals surface area contributed by atoms with E-state index in [9.17, 15) is 14.4 Å². The lowest BCUT2D eigenvalue weighted by Gasteiger charge is -2.35. The molecule has 0 bridgehead atoms. The second-order valence-electron chi connectivity index (χ2n) is 8.57. The first-order chi connectivity index (χ1) is 15.5. The standard InChI is InChI=1S/C24H31N3O5/c1-31-18-7-8-21(32-2)17(15-18)16-25-11-13-26(14-12-25)22(28)9-10-27-23(29)19-5-3-4-6-20(19)24(27)30/h3-4,7-8,15,19-20H,5-6,9-14,16H2,1-2H3/t19-,20-/m1/s1. The van der Waals surface area contributed by atoms with Gasteiger partial charge in [0, 0.05) is 51.3 Å². The maximum Gasteiger partial charge on any atom is 0.233 e. The molecule has 1 aliphatic carbocycles. The molecule has 4 rings (SSSR count). The van der Waals surface area contributed by atoms with Crippen LogP contribution in [-0.2, 0) is 20.9 Å². The normalized spacial score (nSPS) is 23.4. The van der Waals surface area contributed by atoms with Crippen molar-refractivity contribution in [3.8, 4) is 11.5 Å². The number of likely N-dealkylation sites (tertiary alicyclic amines) is 1. The number of fused-ring (bicyclic) bond motifs is 1. The molecule has 8 nitrogen and oxygen atoms in total. The molecular weight excluding hydrogens is 410 g/mol. The van der Waals surface area contributed by atoms with Crippen molar-refractivity contribution in [3.63, 3.8) is 0 Å². The monoisotopic (exact) mass is 441 g/mol. The van der Waals surface area contributed by atoms with Gasteiger partial charge in [-0.05, 0) is 31.0 Å². The summed E-state index contributed by atoms with van der Waals surface area (Å²) in [6.45, 7) is 3.66. The number of benzene rings is 1. The zero-order valence-electron chi connectivity index (χ0n) is 18.8. The van der Waals surface area contributed by atoms with Crippen LogP contribution in [0.4, 0.5) is 0 Å². The van der Waals surface area contributed by atoms with E-state index in [-0.39, 0.29) is 42.5 Å². The largest absolute Gasteiger partial charge is 0.497 e. The molecule has 3 amide bonds. The van der Waals surface area contributed by atoms with E-state index in [1.54, 1.807) is 14.2 Å². The van der Waals surface area contributed by atoms with Crippen molar-refractivity contribution < 1.29 is 23.9 Å². The molecule has 0 unspecified atom stereocenters. The van der Waals surface area contributed by atoms with Crippen LogP contribution in [0, 0.1) is 11.8 Å². The van der Waals surface area contributed by atoms with Crippen molar-refractivity contribution in [2.45, 2.75) is 25.8 Å². The summed E-state index contributed by atoms with van der Waals surface area (Å²) in [6, 6.07) is 5.76. The predicted molar refractivity (Wildman–Crippen MR) is 118 cm³/mol. The first kappa shape index (κ1) is 22.3. The van der Waals surface area contributed by atoms with Crippen LogP contribution in [0.5, 0.6) is 11.5 Å². The number of imide groups is 1. The molecule has 0 radical (unpaired) electrons. The minimum atomic E-state index is -0.236. The Kier molecular flexibility index (Phi) is 6.79. The van der Waals surface area contributed by atoms with Crippen molar-refractivity contribution in [1.29, 1.82) is 0 Å². The van der Waals surface area contributed by atoms with Gasteiger partial charge in [-0.2, -0.15) is 0 Å². The highest BCUT2D eigenvalue weighted by atomic mass is 16.5. The van der Waals surface area contributed by atoms with Gasteiger partial charge in [-0.1, -0.05) is 12.2 Å². The fourth-order valence-corrected chi connectivity index (χ4v) is 4.86. The third-order valence-electron chi connectivity index (χ3n) is 6.75. The summed E-state index contributed by atoms with van der Waals surface area (Å²) in [6.07, 6.45) is 5.39. The molecule has 2 aliphatic heterocycles. The fraction of sp³-hybridized carbons (Fsp3) is 0.542. The maximum absolute atomic E-state index is 12.7. The summed E-state index contributed by atoms with van der Waals surface area (Å²) >= 11 is 0. The van der Waals surface area contributed by atoms with Crippen molar-refractivity contribution >= 4 is 17.7 Å². The number of hydrogen-bond donors (Lipinski definition) is 0. The second kappa shape index (κ2) is 9.73. The lowest BCUT2D eigenvalue weighted by atomic mass is 9.85. The summed E-state index contributed by atoms with van der Waals surface area (Å²) in [5.74, 6) is 0.899. The van der Waals surface area contributed by atoms with Crippen LogP contribution in [0.1, 0.15) is 24.8 Å². The summed E-state index contributed by atoms with van der Waals surface area (Å²) in [4.78, 5) is 43.3. The molecule has 1 aromatic rings. The minimum Gasteiger partial charge on any atom is -0.497 e. The van der Waals surface area contributed by atoms with Gasteiger partial charge in [0.25, 0.3) is 0 Å². The molecule has 0 saturated carbocycles.